The minimum Gasteiger partial charge on any atom is -0.491 e. The number of piperazine rings is 1. The maximum atomic E-state index is 12.9. The molecule has 1 saturated heterocycles. The van der Waals surface area contributed by atoms with Crippen LogP contribution in [0.15, 0.2) is 53.0 Å². The van der Waals surface area contributed by atoms with E-state index in [1.165, 1.54) is 12.1 Å². The third-order valence-electron chi connectivity index (χ3n) is 5.00. The average Bonchev–Trinajstić information content (AvgIpc) is 2.75. The highest BCUT2D eigenvalue weighted by Crippen LogP contribution is 2.31. The Labute approximate surface area is 188 Å². The summed E-state index contributed by atoms with van der Waals surface area (Å²) in [6, 6.07) is 12.9. The zero-order valence-electron chi connectivity index (χ0n) is 17.0. The molecule has 0 unspecified atom stereocenters. The van der Waals surface area contributed by atoms with Gasteiger partial charge in [0.2, 0.25) is 0 Å². The first kappa shape index (κ1) is 23.8. The summed E-state index contributed by atoms with van der Waals surface area (Å²) in [5.41, 5.74) is -0.0618. The van der Waals surface area contributed by atoms with Gasteiger partial charge in [0, 0.05) is 42.9 Å². The van der Waals surface area contributed by atoms with Crippen molar-refractivity contribution in [2.45, 2.75) is 12.3 Å². The quantitative estimate of drug-likeness (QED) is 0.524. The normalized spacial score (nSPS) is 16.4. The van der Waals surface area contributed by atoms with Crippen molar-refractivity contribution in [1.29, 1.82) is 0 Å². The molecule has 9 heteroatoms. The van der Waals surface area contributed by atoms with Gasteiger partial charge in [0.1, 0.15) is 12.4 Å². The monoisotopic (exact) mass is 502 g/mol. The number of aliphatic hydroxyl groups excluding tert-OH is 1. The number of aliphatic hydroxyl groups is 1. The molecule has 2 aromatic carbocycles. The number of β-amino-alcohol motifs (C(OH)–C–C–N with tert-alkyl or cyclic N) is 1. The van der Waals surface area contributed by atoms with Gasteiger partial charge < -0.3 is 19.5 Å². The van der Waals surface area contributed by atoms with Gasteiger partial charge in [-0.05, 0) is 42.5 Å². The van der Waals surface area contributed by atoms with E-state index in [9.17, 15) is 18.3 Å². The van der Waals surface area contributed by atoms with Crippen molar-refractivity contribution < 1.29 is 27.8 Å². The van der Waals surface area contributed by atoms with E-state index < -0.39 is 17.8 Å². The Morgan fingerprint density at radius 2 is 1.71 bits per heavy atom. The SMILES string of the molecule is O[C@H](COCCOc1ccc(Br)cc1)CN1CCN(c2cccc(C(F)(F)F)c2)CC1. The van der Waals surface area contributed by atoms with E-state index in [0.29, 0.717) is 51.6 Å². The molecule has 0 bridgehead atoms. The van der Waals surface area contributed by atoms with Crippen molar-refractivity contribution in [1.82, 2.24) is 4.90 Å². The first-order valence-corrected chi connectivity index (χ1v) is 10.9. The highest BCUT2D eigenvalue weighted by molar-refractivity contribution is 9.10. The second kappa shape index (κ2) is 11.2. The van der Waals surface area contributed by atoms with E-state index in [1.54, 1.807) is 6.07 Å². The van der Waals surface area contributed by atoms with Gasteiger partial charge in [-0.25, -0.2) is 0 Å². The summed E-state index contributed by atoms with van der Waals surface area (Å²) in [6.45, 7) is 3.98. The van der Waals surface area contributed by atoms with Gasteiger partial charge >= 0.3 is 6.18 Å². The van der Waals surface area contributed by atoms with Crippen LogP contribution in [0.25, 0.3) is 0 Å². The topological polar surface area (TPSA) is 45.2 Å². The zero-order chi connectivity index (χ0) is 22.3. The van der Waals surface area contributed by atoms with Gasteiger partial charge in [-0.1, -0.05) is 22.0 Å². The number of anilines is 1. The van der Waals surface area contributed by atoms with Gasteiger partial charge in [0.05, 0.1) is 24.9 Å². The minimum atomic E-state index is -4.34. The van der Waals surface area contributed by atoms with E-state index >= 15 is 0 Å². The van der Waals surface area contributed by atoms with Crippen LogP contribution >= 0.6 is 15.9 Å². The van der Waals surface area contributed by atoms with Crippen LogP contribution in [0.3, 0.4) is 0 Å². The summed E-state index contributed by atoms with van der Waals surface area (Å²) in [5.74, 6) is 0.756. The molecule has 0 spiro atoms. The third-order valence-corrected chi connectivity index (χ3v) is 5.53. The van der Waals surface area contributed by atoms with E-state index in [-0.39, 0.29) is 6.61 Å². The number of benzene rings is 2. The number of nitrogens with zero attached hydrogens (tertiary/aromatic N) is 2. The fraction of sp³-hybridized carbons (Fsp3) is 0.455. The van der Waals surface area contributed by atoms with Crippen LogP contribution in [0.4, 0.5) is 18.9 Å². The molecule has 0 saturated carbocycles. The van der Waals surface area contributed by atoms with E-state index in [2.05, 4.69) is 20.8 Å². The van der Waals surface area contributed by atoms with Crippen LogP contribution in [0.1, 0.15) is 5.56 Å². The predicted molar refractivity (Wildman–Crippen MR) is 117 cm³/mol. The first-order valence-electron chi connectivity index (χ1n) is 10.1. The second-order valence-corrected chi connectivity index (χ2v) is 8.28. The van der Waals surface area contributed by atoms with Crippen molar-refractivity contribution >= 4 is 21.6 Å². The minimum absolute atomic E-state index is 0.206. The van der Waals surface area contributed by atoms with Crippen molar-refractivity contribution in [2.24, 2.45) is 0 Å². The molecule has 1 atom stereocenters. The lowest BCUT2D eigenvalue weighted by Gasteiger charge is -2.37. The maximum Gasteiger partial charge on any atom is 0.416 e. The van der Waals surface area contributed by atoms with Gasteiger partial charge in [0.15, 0.2) is 0 Å². The fourth-order valence-corrected chi connectivity index (χ4v) is 3.65. The summed E-state index contributed by atoms with van der Waals surface area (Å²) in [4.78, 5) is 4.03. The molecule has 31 heavy (non-hydrogen) atoms. The summed E-state index contributed by atoms with van der Waals surface area (Å²) in [7, 11) is 0. The van der Waals surface area contributed by atoms with Gasteiger partial charge in [-0.2, -0.15) is 13.2 Å². The third kappa shape index (κ3) is 7.68. The van der Waals surface area contributed by atoms with Crippen LogP contribution in [-0.4, -0.2) is 68.7 Å². The molecule has 1 N–H and O–H groups in total. The molecule has 3 rings (SSSR count). The highest BCUT2D eigenvalue weighted by Gasteiger charge is 2.31. The zero-order valence-corrected chi connectivity index (χ0v) is 18.6. The molecular weight excluding hydrogens is 477 g/mol. The summed E-state index contributed by atoms with van der Waals surface area (Å²) in [6.07, 6.45) is -4.97. The molecule has 5 nitrogen and oxygen atoms in total. The van der Waals surface area contributed by atoms with Crippen molar-refractivity contribution in [2.75, 3.05) is 57.4 Å². The number of rotatable bonds is 9. The van der Waals surface area contributed by atoms with Gasteiger partial charge in [-0.15, -0.1) is 0 Å². The summed E-state index contributed by atoms with van der Waals surface area (Å²) in [5, 5.41) is 10.2. The molecule has 0 amide bonds. The Morgan fingerprint density at radius 1 is 1.00 bits per heavy atom. The predicted octanol–water partition coefficient (Wildman–Crippen LogP) is 4.05. The lowest BCUT2D eigenvalue weighted by molar-refractivity contribution is -0.137. The summed E-state index contributed by atoms with van der Waals surface area (Å²) < 4.78 is 50.8. The number of hydrogen-bond donors (Lipinski definition) is 1. The number of halogens is 4. The molecule has 0 radical (unpaired) electrons. The largest absolute Gasteiger partial charge is 0.491 e. The maximum absolute atomic E-state index is 12.9. The molecule has 1 aliphatic rings. The number of hydrogen-bond acceptors (Lipinski definition) is 5. The average molecular weight is 503 g/mol. The van der Waals surface area contributed by atoms with Crippen LogP contribution in [0, 0.1) is 0 Å². The van der Waals surface area contributed by atoms with Crippen molar-refractivity contribution in [3.8, 4) is 5.75 Å². The Balaban J connectivity index is 1.32. The summed E-state index contributed by atoms with van der Waals surface area (Å²) >= 11 is 3.36. The molecule has 0 aliphatic carbocycles. The highest BCUT2D eigenvalue weighted by atomic mass is 79.9. The molecule has 0 aromatic heterocycles. The van der Waals surface area contributed by atoms with Gasteiger partial charge in [-0.3, -0.25) is 4.90 Å². The molecule has 1 fully saturated rings. The number of alkyl halides is 3. The second-order valence-electron chi connectivity index (χ2n) is 7.37. The Kier molecular flexibility index (Phi) is 8.59. The van der Waals surface area contributed by atoms with Gasteiger partial charge in [0.25, 0.3) is 0 Å². The van der Waals surface area contributed by atoms with Crippen LogP contribution in [0.5, 0.6) is 5.75 Å². The molecule has 2 aromatic rings. The standard InChI is InChI=1S/C22H26BrF3N2O3/c23-18-4-6-21(7-5-18)31-13-12-30-16-20(29)15-27-8-10-28(11-9-27)19-3-1-2-17(14-19)22(24,25)26/h1-7,14,20,29H,8-13,15-16H2/t20-/m0/s1. The van der Waals surface area contributed by atoms with Crippen molar-refractivity contribution in [3.05, 3.63) is 58.6 Å². The Bertz CT molecular complexity index is 812. The lowest BCUT2D eigenvalue weighted by atomic mass is 10.1. The lowest BCUT2D eigenvalue weighted by Crippen LogP contribution is -2.49. The molecule has 1 aliphatic heterocycles. The van der Waals surface area contributed by atoms with E-state index in [1.807, 2.05) is 29.2 Å². The van der Waals surface area contributed by atoms with E-state index in [4.69, 9.17) is 9.47 Å². The smallest absolute Gasteiger partial charge is 0.416 e. The van der Waals surface area contributed by atoms with E-state index in [0.717, 1.165) is 16.3 Å². The first-order chi connectivity index (χ1) is 14.8. The molecular formula is C22H26BrF3N2O3. The molecule has 170 valence electrons. The Morgan fingerprint density at radius 3 is 2.39 bits per heavy atom. The fourth-order valence-electron chi connectivity index (χ4n) is 3.39. The van der Waals surface area contributed by atoms with Crippen molar-refractivity contribution in [3.63, 3.8) is 0 Å². The van der Waals surface area contributed by atoms with Crippen LogP contribution < -0.4 is 9.64 Å². The van der Waals surface area contributed by atoms with Crippen LogP contribution in [-0.2, 0) is 10.9 Å². The number of ether oxygens (including phenoxy) is 2. The Hall–Kier alpha value is -1.81. The van der Waals surface area contributed by atoms with Crippen LogP contribution in [0.2, 0.25) is 0 Å². The molecule has 1 heterocycles.